The van der Waals surface area contributed by atoms with Crippen LogP contribution < -0.4 is 10.1 Å². The fourth-order valence-electron chi connectivity index (χ4n) is 2.75. The minimum atomic E-state index is -0.223. The predicted octanol–water partition coefficient (Wildman–Crippen LogP) is 3.01. The van der Waals surface area contributed by atoms with Crippen molar-refractivity contribution in [2.45, 2.75) is 32.7 Å². The van der Waals surface area contributed by atoms with Gasteiger partial charge in [-0.1, -0.05) is 26.0 Å². The first-order valence-corrected chi connectivity index (χ1v) is 6.48. The molecule has 1 fully saturated rings. The normalized spacial score (nSPS) is 22.6. The number of hydrogen-bond acceptors (Lipinski definition) is 2. The van der Waals surface area contributed by atoms with Gasteiger partial charge in [-0.15, -0.1) is 0 Å². The van der Waals surface area contributed by atoms with Crippen molar-refractivity contribution in [1.29, 1.82) is 0 Å². The van der Waals surface area contributed by atoms with Gasteiger partial charge in [0, 0.05) is 6.04 Å². The number of rotatable bonds is 5. The van der Waals surface area contributed by atoms with Crippen LogP contribution in [0.2, 0.25) is 0 Å². The van der Waals surface area contributed by atoms with Crippen LogP contribution in [-0.4, -0.2) is 20.2 Å². The van der Waals surface area contributed by atoms with E-state index in [-0.39, 0.29) is 5.82 Å². The van der Waals surface area contributed by atoms with E-state index in [1.165, 1.54) is 13.5 Å². The van der Waals surface area contributed by atoms with E-state index in [0.29, 0.717) is 29.5 Å². The SMILES string of the molecule is CNC(Cc1cccc(OC)c1F)C1CC1(C)C. The molecular formula is C15H22FNO. The van der Waals surface area contributed by atoms with E-state index in [4.69, 9.17) is 4.74 Å². The van der Waals surface area contributed by atoms with Gasteiger partial charge in [-0.05, 0) is 42.9 Å². The van der Waals surface area contributed by atoms with Gasteiger partial charge >= 0.3 is 0 Å². The van der Waals surface area contributed by atoms with Gasteiger partial charge in [0.05, 0.1) is 7.11 Å². The summed E-state index contributed by atoms with van der Waals surface area (Å²) in [6, 6.07) is 5.69. The molecule has 0 radical (unpaired) electrons. The summed E-state index contributed by atoms with van der Waals surface area (Å²) >= 11 is 0. The van der Waals surface area contributed by atoms with Crippen molar-refractivity contribution >= 4 is 0 Å². The van der Waals surface area contributed by atoms with Crippen LogP contribution >= 0.6 is 0 Å². The van der Waals surface area contributed by atoms with Crippen LogP contribution in [0.5, 0.6) is 5.75 Å². The number of likely N-dealkylation sites (N-methyl/N-ethyl adjacent to an activating group) is 1. The second-order valence-corrected chi connectivity index (χ2v) is 5.83. The van der Waals surface area contributed by atoms with Crippen LogP contribution in [0.1, 0.15) is 25.8 Å². The second-order valence-electron chi connectivity index (χ2n) is 5.83. The maximum atomic E-state index is 14.1. The Morgan fingerprint density at radius 2 is 2.17 bits per heavy atom. The van der Waals surface area contributed by atoms with Crippen LogP contribution in [0.3, 0.4) is 0 Å². The van der Waals surface area contributed by atoms with Gasteiger partial charge in [-0.3, -0.25) is 0 Å². The van der Waals surface area contributed by atoms with Gasteiger partial charge in [0.15, 0.2) is 11.6 Å². The largest absolute Gasteiger partial charge is 0.494 e. The molecule has 0 bridgehead atoms. The molecule has 1 aromatic carbocycles. The number of nitrogens with one attached hydrogen (secondary N) is 1. The molecule has 1 saturated carbocycles. The zero-order valence-electron chi connectivity index (χ0n) is 11.6. The van der Waals surface area contributed by atoms with E-state index in [2.05, 4.69) is 19.2 Å². The third kappa shape index (κ3) is 2.51. The van der Waals surface area contributed by atoms with Crippen molar-refractivity contribution in [3.63, 3.8) is 0 Å². The van der Waals surface area contributed by atoms with Crippen LogP contribution in [0.4, 0.5) is 4.39 Å². The van der Waals surface area contributed by atoms with E-state index in [9.17, 15) is 4.39 Å². The summed E-state index contributed by atoms with van der Waals surface area (Å²) in [6.07, 6.45) is 1.93. The molecule has 2 atom stereocenters. The third-order valence-electron chi connectivity index (χ3n) is 4.15. The van der Waals surface area contributed by atoms with Gasteiger partial charge in [-0.2, -0.15) is 0 Å². The molecule has 0 heterocycles. The maximum Gasteiger partial charge on any atom is 0.168 e. The molecule has 3 heteroatoms. The van der Waals surface area contributed by atoms with Crippen molar-refractivity contribution in [3.8, 4) is 5.75 Å². The Labute approximate surface area is 109 Å². The van der Waals surface area contributed by atoms with Gasteiger partial charge in [0.2, 0.25) is 0 Å². The first-order chi connectivity index (χ1) is 8.49. The average Bonchev–Trinajstić information content (AvgIpc) is 2.97. The molecule has 0 aromatic heterocycles. The summed E-state index contributed by atoms with van der Waals surface area (Å²) in [5.74, 6) is 0.740. The summed E-state index contributed by atoms with van der Waals surface area (Å²) < 4.78 is 19.1. The molecular weight excluding hydrogens is 229 g/mol. The van der Waals surface area contributed by atoms with Crippen molar-refractivity contribution in [3.05, 3.63) is 29.6 Å². The Kier molecular flexibility index (Phi) is 3.62. The van der Waals surface area contributed by atoms with E-state index >= 15 is 0 Å². The second kappa shape index (κ2) is 4.88. The molecule has 1 aromatic rings. The molecule has 1 N–H and O–H groups in total. The Bertz CT molecular complexity index is 431. The molecule has 1 aliphatic carbocycles. The quantitative estimate of drug-likeness (QED) is 0.868. The molecule has 0 amide bonds. The summed E-state index contributed by atoms with van der Waals surface area (Å²) in [5.41, 5.74) is 1.12. The first-order valence-electron chi connectivity index (χ1n) is 6.48. The van der Waals surface area contributed by atoms with Crippen molar-refractivity contribution in [2.24, 2.45) is 11.3 Å². The fraction of sp³-hybridized carbons (Fsp3) is 0.600. The number of halogens is 1. The molecule has 1 aliphatic rings. The number of ether oxygens (including phenoxy) is 1. The zero-order valence-corrected chi connectivity index (χ0v) is 11.6. The average molecular weight is 251 g/mol. The Balaban J connectivity index is 2.13. The lowest BCUT2D eigenvalue weighted by Gasteiger charge is -2.19. The molecule has 0 aliphatic heterocycles. The molecule has 18 heavy (non-hydrogen) atoms. The van der Waals surface area contributed by atoms with Crippen molar-refractivity contribution < 1.29 is 9.13 Å². The predicted molar refractivity (Wildman–Crippen MR) is 71.4 cm³/mol. The molecule has 2 unspecified atom stereocenters. The van der Waals surface area contributed by atoms with Gasteiger partial charge in [-0.25, -0.2) is 4.39 Å². The maximum absolute atomic E-state index is 14.1. The first kappa shape index (κ1) is 13.3. The van der Waals surface area contributed by atoms with Crippen molar-refractivity contribution in [1.82, 2.24) is 5.32 Å². The molecule has 0 saturated heterocycles. The van der Waals surface area contributed by atoms with E-state index in [0.717, 1.165) is 5.56 Å². The standard InChI is InChI=1S/C15H22FNO/c1-15(2)9-11(15)12(17-3)8-10-6-5-7-13(18-4)14(10)16/h5-7,11-12,17H,8-9H2,1-4H3. The minimum absolute atomic E-state index is 0.223. The van der Waals surface area contributed by atoms with Crippen LogP contribution in [-0.2, 0) is 6.42 Å². The summed E-state index contributed by atoms with van der Waals surface area (Å²) in [5, 5.41) is 3.33. The summed E-state index contributed by atoms with van der Waals surface area (Å²) in [4.78, 5) is 0. The molecule has 2 nitrogen and oxygen atoms in total. The lowest BCUT2D eigenvalue weighted by molar-refractivity contribution is 0.378. The number of hydrogen-bond donors (Lipinski definition) is 1. The topological polar surface area (TPSA) is 21.3 Å². The smallest absolute Gasteiger partial charge is 0.168 e. The van der Waals surface area contributed by atoms with Gasteiger partial charge in [0.25, 0.3) is 0 Å². The lowest BCUT2D eigenvalue weighted by atomic mass is 9.97. The molecule has 100 valence electrons. The van der Waals surface area contributed by atoms with Crippen molar-refractivity contribution in [2.75, 3.05) is 14.2 Å². The van der Waals surface area contributed by atoms with E-state index in [1.54, 1.807) is 6.07 Å². The van der Waals surface area contributed by atoms with E-state index in [1.807, 2.05) is 19.2 Å². The fourth-order valence-corrected chi connectivity index (χ4v) is 2.75. The highest BCUT2D eigenvalue weighted by Crippen LogP contribution is 2.54. The molecule has 0 spiro atoms. The van der Waals surface area contributed by atoms with Crippen LogP contribution in [0, 0.1) is 17.2 Å². The van der Waals surface area contributed by atoms with Crippen LogP contribution in [0.25, 0.3) is 0 Å². The van der Waals surface area contributed by atoms with Gasteiger partial charge in [0.1, 0.15) is 0 Å². The van der Waals surface area contributed by atoms with E-state index < -0.39 is 0 Å². The summed E-state index contributed by atoms with van der Waals surface area (Å²) in [7, 11) is 3.46. The van der Waals surface area contributed by atoms with Crippen LogP contribution in [0.15, 0.2) is 18.2 Å². The third-order valence-corrected chi connectivity index (χ3v) is 4.15. The Hall–Kier alpha value is -1.09. The summed E-state index contributed by atoms with van der Waals surface area (Å²) in [6.45, 7) is 4.54. The monoisotopic (exact) mass is 251 g/mol. The number of benzene rings is 1. The zero-order chi connectivity index (χ0) is 13.3. The highest BCUT2D eigenvalue weighted by atomic mass is 19.1. The highest BCUT2D eigenvalue weighted by Gasteiger charge is 2.49. The Morgan fingerprint density at radius 3 is 2.67 bits per heavy atom. The highest BCUT2D eigenvalue weighted by molar-refractivity contribution is 5.32. The van der Waals surface area contributed by atoms with Gasteiger partial charge < -0.3 is 10.1 Å². The minimum Gasteiger partial charge on any atom is -0.494 e. The molecule has 2 rings (SSSR count). The lowest BCUT2D eigenvalue weighted by Crippen LogP contribution is -2.31. The Morgan fingerprint density at radius 1 is 1.50 bits per heavy atom. The number of methoxy groups -OCH3 is 1.